The Balaban J connectivity index is 1.97. The van der Waals surface area contributed by atoms with Crippen LogP contribution in [0.1, 0.15) is 26.2 Å². The van der Waals surface area contributed by atoms with E-state index in [0.717, 1.165) is 19.4 Å². The van der Waals surface area contributed by atoms with E-state index < -0.39 is 0 Å². The lowest BCUT2D eigenvalue weighted by Gasteiger charge is -2.04. The van der Waals surface area contributed by atoms with Crippen molar-refractivity contribution in [1.82, 2.24) is 4.57 Å². The van der Waals surface area contributed by atoms with Crippen molar-refractivity contribution in [2.24, 2.45) is 0 Å². The van der Waals surface area contributed by atoms with E-state index in [0.29, 0.717) is 6.42 Å². The van der Waals surface area contributed by atoms with Gasteiger partial charge >= 0.3 is 0 Å². The molecule has 0 saturated heterocycles. The number of benzene rings is 1. The summed E-state index contributed by atoms with van der Waals surface area (Å²) in [5, 5.41) is 1.29. The zero-order valence-electron chi connectivity index (χ0n) is 9.65. The summed E-state index contributed by atoms with van der Waals surface area (Å²) in [6.45, 7) is 2.66. The van der Waals surface area contributed by atoms with Gasteiger partial charge < -0.3 is 9.36 Å². The molecule has 0 spiro atoms. The van der Waals surface area contributed by atoms with E-state index >= 15 is 0 Å². The van der Waals surface area contributed by atoms with Crippen LogP contribution in [0.2, 0.25) is 0 Å². The maximum Gasteiger partial charge on any atom is 0.129 e. The number of aromatic nitrogens is 1. The molecule has 0 atom stereocenters. The van der Waals surface area contributed by atoms with Crippen LogP contribution in [0.25, 0.3) is 10.9 Å². The molecule has 0 bridgehead atoms. The zero-order chi connectivity index (χ0) is 11.4. The second-order valence-corrected chi connectivity index (χ2v) is 4.23. The Kier molecular flexibility index (Phi) is 3.40. The second-order valence-electron chi connectivity index (χ2n) is 4.23. The van der Waals surface area contributed by atoms with Crippen molar-refractivity contribution in [3.05, 3.63) is 36.5 Å². The van der Waals surface area contributed by atoms with Crippen molar-refractivity contribution in [3.63, 3.8) is 0 Å². The minimum Gasteiger partial charge on any atom is -0.347 e. The van der Waals surface area contributed by atoms with E-state index in [1.54, 1.807) is 6.92 Å². The molecule has 2 aromatic rings. The molecule has 1 aromatic heterocycles. The highest BCUT2D eigenvalue weighted by molar-refractivity contribution is 5.79. The molecule has 0 fully saturated rings. The van der Waals surface area contributed by atoms with Crippen molar-refractivity contribution < 1.29 is 4.79 Å². The molecule has 0 aliphatic rings. The topological polar surface area (TPSA) is 22.0 Å². The largest absolute Gasteiger partial charge is 0.347 e. The molecule has 0 amide bonds. The second kappa shape index (κ2) is 4.97. The average molecular weight is 215 g/mol. The fourth-order valence-electron chi connectivity index (χ4n) is 1.99. The SMILES string of the molecule is CC(=O)CCCCn1ccc2ccccc21. The molecule has 84 valence electrons. The number of hydrogen-bond donors (Lipinski definition) is 0. The van der Waals surface area contributed by atoms with Crippen molar-refractivity contribution in [2.75, 3.05) is 0 Å². The van der Waals surface area contributed by atoms with E-state index in [1.807, 2.05) is 0 Å². The Morgan fingerprint density at radius 3 is 2.81 bits per heavy atom. The Morgan fingerprint density at radius 2 is 2.00 bits per heavy atom. The molecular formula is C14H17NO. The third-order valence-electron chi connectivity index (χ3n) is 2.86. The summed E-state index contributed by atoms with van der Waals surface area (Å²) in [6.07, 6.45) is 4.89. The van der Waals surface area contributed by atoms with Crippen LogP contribution in [0.3, 0.4) is 0 Å². The van der Waals surface area contributed by atoms with Crippen LogP contribution < -0.4 is 0 Å². The Labute approximate surface area is 95.9 Å². The van der Waals surface area contributed by atoms with E-state index in [1.165, 1.54) is 10.9 Å². The predicted octanol–water partition coefficient (Wildman–Crippen LogP) is 3.40. The fraction of sp³-hybridized carbons (Fsp3) is 0.357. The molecule has 2 nitrogen and oxygen atoms in total. The molecule has 0 aliphatic carbocycles. The Bertz CT molecular complexity index is 484. The molecule has 0 unspecified atom stereocenters. The Hall–Kier alpha value is -1.57. The normalized spacial score (nSPS) is 10.8. The lowest BCUT2D eigenvalue weighted by Crippen LogP contribution is -1.97. The van der Waals surface area contributed by atoms with Crippen LogP contribution >= 0.6 is 0 Å². The number of ketones is 1. The van der Waals surface area contributed by atoms with Gasteiger partial charge in [-0.2, -0.15) is 0 Å². The van der Waals surface area contributed by atoms with Gasteiger partial charge in [0.1, 0.15) is 5.78 Å². The highest BCUT2D eigenvalue weighted by Gasteiger charge is 1.99. The lowest BCUT2D eigenvalue weighted by molar-refractivity contribution is -0.117. The number of nitrogens with zero attached hydrogens (tertiary/aromatic N) is 1. The predicted molar refractivity (Wildman–Crippen MR) is 66.5 cm³/mol. The summed E-state index contributed by atoms with van der Waals surface area (Å²) in [4.78, 5) is 10.8. The summed E-state index contributed by atoms with van der Waals surface area (Å²) < 4.78 is 2.26. The molecule has 0 aliphatic heterocycles. The number of carbonyl (C=O) groups is 1. The van der Waals surface area contributed by atoms with E-state index in [9.17, 15) is 4.79 Å². The number of hydrogen-bond acceptors (Lipinski definition) is 1. The number of aryl methyl sites for hydroxylation is 1. The van der Waals surface area contributed by atoms with Crippen LogP contribution in [-0.4, -0.2) is 10.4 Å². The summed E-state index contributed by atoms with van der Waals surface area (Å²) >= 11 is 0. The molecule has 0 N–H and O–H groups in total. The van der Waals surface area contributed by atoms with Gasteiger partial charge in [-0.05, 0) is 37.3 Å². The fourth-order valence-corrected chi connectivity index (χ4v) is 1.99. The maximum atomic E-state index is 10.8. The van der Waals surface area contributed by atoms with E-state index in [4.69, 9.17) is 0 Å². The van der Waals surface area contributed by atoms with Gasteiger partial charge in [-0.25, -0.2) is 0 Å². The van der Waals surface area contributed by atoms with Crippen LogP contribution in [0.15, 0.2) is 36.5 Å². The summed E-state index contributed by atoms with van der Waals surface area (Å²) in [7, 11) is 0. The molecule has 16 heavy (non-hydrogen) atoms. The molecule has 1 heterocycles. The first-order chi connectivity index (χ1) is 7.77. The first-order valence-corrected chi connectivity index (χ1v) is 5.81. The monoisotopic (exact) mass is 215 g/mol. The van der Waals surface area contributed by atoms with Crippen molar-refractivity contribution in [1.29, 1.82) is 0 Å². The van der Waals surface area contributed by atoms with Crippen molar-refractivity contribution in [2.45, 2.75) is 32.7 Å². The van der Waals surface area contributed by atoms with Gasteiger partial charge in [0.2, 0.25) is 0 Å². The quantitative estimate of drug-likeness (QED) is 0.701. The summed E-state index contributed by atoms with van der Waals surface area (Å²) in [5.74, 6) is 0.289. The van der Waals surface area contributed by atoms with Crippen LogP contribution in [0.5, 0.6) is 0 Å². The summed E-state index contributed by atoms with van der Waals surface area (Å²) in [6, 6.07) is 10.5. The van der Waals surface area contributed by atoms with Gasteiger partial charge in [0.15, 0.2) is 0 Å². The minimum absolute atomic E-state index is 0.289. The lowest BCUT2D eigenvalue weighted by atomic mass is 10.2. The standard InChI is InChI=1S/C14H17NO/c1-12(16)6-4-5-10-15-11-9-13-7-2-3-8-14(13)15/h2-3,7-9,11H,4-6,10H2,1H3. The van der Waals surface area contributed by atoms with E-state index in [2.05, 4.69) is 41.1 Å². The molecule has 1 aromatic carbocycles. The highest BCUT2D eigenvalue weighted by Crippen LogP contribution is 2.15. The van der Waals surface area contributed by atoms with Crippen molar-refractivity contribution in [3.8, 4) is 0 Å². The van der Waals surface area contributed by atoms with Crippen molar-refractivity contribution >= 4 is 16.7 Å². The third kappa shape index (κ3) is 2.51. The number of fused-ring (bicyclic) bond motifs is 1. The minimum atomic E-state index is 0.289. The first-order valence-electron chi connectivity index (χ1n) is 5.81. The van der Waals surface area contributed by atoms with Gasteiger partial charge in [-0.15, -0.1) is 0 Å². The molecule has 2 rings (SSSR count). The average Bonchev–Trinajstić information content (AvgIpc) is 2.68. The zero-order valence-corrected chi connectivity index (χ0v) is 9.65. The van der Waals surface area contributed by atoms with Gasteiger partial charge in [-0.3, -0.25) is 0 Å². The molecule has 0 saturated carbocycles. The van der Waals surface area contributed by atoms with Crippen LogP contribution in [0, 0.1) is 0 Å². The van der Waals surface area contributed by atoms with Crippen LogP contribution in [-0.2, 0) is 11.3 Å². The van der Waals surface area contributed by atoms with Gasteiger partial charge in [0.25, 0.3) is 0 Å². The molecular weight excluding hydrogens is 198 g/mol. The maximum absolute atomic E-state index is 10.8. The van der Waals surface area contributed by atoms with Crippen LogP contribution in [0.4, 0.5) is 0 Å². The number of Topliss-reactive ketones (excluding diaryl/α,β-unsaturated/α-hetero) is 1. The van der Waals surface area contributed by atoms with Gasteiger partial charge in [-0.1, -0.05) is 18.2 Å². The number of para-hydroxylation sites is 1. The van der Waals surface area contributed by atoms with Gasteiger partial charge in [0.05, 0.1) is 0 Å². The number of unbranched alkanes of at least 4 members (excludes halogenated alkanes) is 1. The number of carbonyl (C=O) groups excluding carboxylic acids is 1. The molecule has 0 radical (unpaired) electrons. The number of rotatable bonds is 5. The molecule has 2 heteroatoms. The summed E-state index contributed by atoms with van der Waals surface area (Å²) in [5.41, 5.74) is 1.28. The van der Waals surface area contributed by atoms with Gasteiger partial charge in [0, 0.05) is 24.7 Å². The highest BCUT2D eigenvalue weighted by atomic mass is 16.1. The first kappa shape index (κ1) is 10.9. The smallest absolute Gasteiger partial charge is 0.129 e. The Morgan fingerprint density at radius 1 is 1.19 bits per heavy atom. The van der Waals surface area contributed by atoms with E-state index in [-0.39, 0.29) is 5.78 Å². The third-order valence-corrected chi connectivity index (χ3v) is 2.86.